The molecule has 1 aromatic carbocycles. The molecule has 0 amide bonds. The van der Waals surface area contributed by atoms with Gasteiger partial charge in [-0.3, -0.25) is 0 Å². The SMILES string of the molecule is O=C(OCc1ccc(Cl)c(Cl)c1)c1cccnc1N1CCOCC1. The van der Waals surface area contributed by atoms with Crippen LogP contribution in [0.2, 0.25) is 10.0 Å². The lowest BCUT2D eigenvalue weighted by atomic mass is 10.2. The summed E-state index contributed by atoms with van der Waals surface area (Å²) in [6.07, 6.45) is 1.67. The number of anilines is 1. The Labute approximate surface area is 150 Å². The van der Waals surface area contributed by atoms with Crippen LogP contribution in [0.1, 0.15) is 15.9 Å². The van der Waals surface area contributed by atoms with Crippen molar-refractivity contribution in [2.75, 3.05) is 31.2 Å². The largest absolute Gasteiger partial charge is 0.457 e. The summed E-state index contributed by atoms with van der Waals surface area (Å²) in [4.78, 5) is 18.8. The van der Waals surface area contributed by atoms with Crippen molar-refractivity contribution in [3.05, 3.63) is 57.7 Å². The molecule has 1 aromatic heterocycles. The number of hydrogen-bond acceptors (Lipinski definition) is 5. The first-order valence-corrected chi connectivity index (χ1v) is 8.29. The molecule has 0 unspecified atom stereocenters. The smallest absolute Gasteiger partial charge is 0.342 e. The van der Waals surface area contributed by atoms with Crippen LogP contribution < -0.4 is 4.90 Å². The molecule has 0 spiro atoms. The summed E-state index contributed by atoms with van der Waals surface area (Å²) in [5, 5.41) is 0.897. The highest BCUT2D eigenvalue weighted by Gasteiger charge is 2.20. The number of ether oxygens (including phenoxy) is 2. The van der Waals surface area contributed by atoms with Crippen molar-refractivity contribution in [1.82, 2.24) is 4.98 Å². The van der Waals surface area contributed by atoms with Crippen molar-refractivity contribution in [3.8, 4) is 0 Å². The lowest BCUT2D eigenvalue weighted by Crippen LogP contribution is -2.37. The summed E-state index contributed by atoms with van der Waals surface area (Å²) >= 11 is 11.9. The van der Waals surface area contributed by atoms with E-state index in [2.05, 4.69) is 4.98 Å². The van der Waals surface area contributed by atoms with Gasteiger partial charge in [0.1, 0.15) is 18.0 Å². The molecule has 0 radical (unpaired) electrons. The molecule has 0 saturated carbocycles. The van der Waals surface area contributed by atoms with Crippen molar-refractivity contribution >= 4 is 35.0 Å². The number of benzene rings is 1. The second-order valence-electron chi connectivity index (χ2n) is 5.30. The Hall–Kier alpha value is -1.82. The molecule has 0 aliphatic carbocycles. The van der Waals surface area contributed by atoms with Crippen LogP contribution >= 0.6 is 23.2 Å². The summed E-state index contributed by atoms with van der Waals surface area (Å²) in [6.45, 7) is 2.75. The molecule has 2 aromatic rings. The van der Waals surface area contributed by atoms with Gasteiger partial charge in [-0.1, -0.05) is 29.3 Å². The van der Waals surface area contributed by atoms with Crippen LogP contribution in [0.15, 0.2) is 36.5 Å². The fourth-order valence-electron chi connectivity index (χ4n) is 2.44. The fourth-order valence-corrected chi connectivity index (χ4v) is 2.76. The van der Waals surface area contributed by atoms with Gasteiger partial charge in [-0.15, -0.1) is 0 Å². The quantitative estimate of drug-likeness (QED) is 0.774. The minimum absolute atomic E-state index is 0.118. The van der Waals surface area contributed by atoms with Crippen LogP contribution in [0.3, 0.4) is 0 Å². The summed E-state index contributed by atoms with van der Waals surface area (Å²) in [6, 6.07) is 8.57. The number of aromatic nitrogens is 1. The van der Waals surface area contributed by atoms with Gasteiger partial charge in [-0.2, -0.15) is 0 Å². The predicted octanol–water partition coefficient (Wildman–Crippen LogP) is 3.58. The number of hydrogen-bond donors (Lipinski definition) is 0. The topological polar surface area (TPSA) is 51.7 Å². The number of halogens is 2. The van der Waals surface area contributed by atoms with Gasteiger partial charge in [0, 0.05) is 19.3 Å². The molecular formula is C17H16Cl2N2O3. The highest BCUT2D eigenvalue weighted by atomic mass is 35.5. The summed E-state index contributed by atoms with van der Waals surface area (Å²) in [5.41, 5.74) is 1.22. The molecule has 1 aliphatic rings. The number of carbonyl (C=O) groups is 1. The first kappa shape index (κ1) is 17.0. The third kappa shape index (κ3) is 3.98. The minimum atomic E-state index is -0.421. The third-order valence-corrected chi connectivity index (χ3v) is 4.41. The molecule has 2 heterocycles. The van der Waals surface area contributed by atoms with E-state index in [-0.39, 0.29) is 6.61 Å². The Bertz CT molecular complexity index is 734. The normalized spacial score (nSPS) is 14.5. The van der Waals surface area contributed by atoms with E-state index >= 15 is 0 Å². The monoisotopic (exact) mass is 366 g/mol. The van der Waals surface area contributed by atoms with E-state index in [0.29, 0.717) is 47.7 Å². The molecule has 0 atom stereocenters. The van der Waals surface area contributed by atoms with Gasteiger partial charge in [-0.05, 0) is 29.8 Å². The Morgan fingerprint density at radius 3 is 2.75 bits per heavy atom. The molecule has 0 bridgehead atoms. The van der Waals surface area contributed by atoms with Crippen LogP contribution in [0.4, 0.5) is 5.82 Å². The van der Waals surface area contributed by atoms with Crippen molar-refractivity contribution in [1.29, 1.82) is 0 Å². The highest BCUT2D eigenvalue weighted by molar-refractivity contribution is 6.42. The molecule has 126 valence electrons. The number of rotatable bonds is 4. The van der Waals surface area contributed by atoms with Gasteiger partial charge in [0.25, 0.3) is 0 Å². The summed E-state index contributed by atoms with van der Waals surface area (Å²) in [5.74, 6) is 0.204. The minimum Gasteiger partial charge on any atom is -0.457 e. The van der Waals surface area contributed by atoms with E-state index < -0.39 is 5.97 Å². The predicted molar refractivity (Wildman–Crippen MR) is 92.9 cm³/mol. The first-order chi connectivity index (χ1) is 11.6. The highest BCUT2D eigenvalue weighted by Crippen LogP contribution is 2.24. The van der Waals surface area contributed by atoms with E-state index in [1.807, 2.05) is 4.90 Å². The van der Waals surface area contributed by atoms with E-state index in [1.165, 1.54) is 0 Å². The van der Waals surface area contributed by atoms with Crippen molar-refractivity contribution in [2.24, 2.45) is 0 Å². The second kappa shape index (κ2) is 7.83. The summed E-state index contributed by atoms with van der Waals surface area (Å²) in [7, 11) is 0. The summed E-state index contributed by atoms with van der Waals surface area (Å²) < 4.78 is 10.7. The van der Waals surface area contributed by atoms with Gasteiger partial charge in [0.2, 0.25) is 0 Å². The molecule has 1 aliphatic heterocycles. The van der Waals surface area contributed by atoms with Gasteiger partial charge < -0.3 is 14.4 Å². The third-order valence-electron chi connectivity index (χ3n) is 3.67. The zero-order valence-electron chi connectivity index (χ0n) is 12.9. The van der Waals surface area contributed by atoms with Crippen LogP contribution in [-0.2, 0) is 16.1 Å². The molecule has 1 fully saturated rings. The van der Waals surface area contributed by atoms with E-state index in [9.17, 15) is 4.79 Å². The maximum Gasteiger partial charge on any atom is 0.342 e. The number of pyridine rings is 1. The molecule has 5 nitrogen and oxygen atoms in total. The van der Waals surface area contributed by atoms with Crippen LogP contribution in [0.5, 0.6) is 0 Å². The Balaban J connectivity index is 1.71. The zero-order valence-corrected chi connectivity index (χ0v) is 14.4. The number of carbonyl (C=O) groups excluding carboxylic acids is 1. The van der Waals surface area contributed by atoms with Crippen LogP contribution in [0, 0.1) is 0 Å². The maximum absolute atomic E-state index is 12.5. The van der Waals surface area contributed by atoms with E-state index in [0.717, 1.165) is 5.56 Å². The van der Waals surface area contributed by atoms with Gasteiger partial charge in [0.15, 0.2) is 0 Å². The van der Waals surface area contributed by atoms with Crippen LogP contribution in [-0.4, -0.2) is 37.3 Å². The van der Waals surface area contributed by atoms with Gasteiger partial charge in [-0.25, -0.2) is 9.78 Å². The second-order valence-corrected chi connectivity index (χ2v) is 6.11. The number of morpholine rings is 1. The lowest BCUT2D eigenvalue weighted by Gasteiger charge is -2.28. The van der Waals surface area contributed by atoms with Crippen molar-refractivity contribution in [3.63, 3.8) is 0 Å². The molecule has 24 heavy (non-hydrogen) atoms. The lowest BCUT2D eigenvalue weighted by molar-refractivity contribution is 0.0472. The molecule has 0 N–H and O–H groups in total. The molecule has 3 rings (SSSR count). The van der Waals surface area contributed by atoms with Crippen molar-refractivity contribution in [2.45, 2.75) is 6.61 Å². The maximum atomic E-state index is 12.5. The number of nitrogens with zero attached hydrogens (tertiary/aromatic N) is 2. The van der Waals surface area contributed by atoms with E-state index in [4.69, 9.17) is 32.7 Å². The molecule has 1 saturated heterocycles. The Kier molecular flexibility index (Phi) is 5.56. The molecule has 7 heteroatoms. The molecular weight excluding hydrogens is 351 g/mol. The average Bonchev–Trinajstić information content (AvgIpc) is 2.63. The zero-order chi connectivity index (χ0) is 16.9. The number of esters is 1. The van der Waals surface area contributed by atoms with Gasteiger partial charge >= 0.3 is 5.97 Å². The Morgan fingerprint density at radius 2 is 2.00 bits per heavy atom. The van der Waals surface area contributed by atoms with E-state index in [1.54, 1.807) is 36.5 Å². The van der Waals surface area contributed by atoms with Gasteiger partial charge in [0.05, 0.1) is 23.3 Å². The average molecular weight is 367 g/mol. The van der Waals surface area contributed by atoms with Crippen LogP contribution in [0.25, 0.3) is 0 Å². The standard InChI is InChI=1S/C17H16Cl2N2O3/c18-14-4-3-12(10-15(14)19)11-24-17(22)13-2-1-5-20-16(13)21-6-8-23-9-7-21/h1-5,10H,6-9,11H2. The fraction of sp³-hybridized carbons (Fsp3) is 0.294. The Morgan fingerprint density at radius 1 is 1.21 bits per heavy atom. The van der Waals surface area contributed by atoms with Crippen molar-refractivity contribution < 1.29 is 14.3 Å². The first-order valence-electron chi connectivity index (χ1n) is 7.54.